The molecule has 0 bridgehead atoms. The molecule has 1 atom stereocenters. The van der Waals surface area contributed by atoms with Crippen LogP contribution < -0.4 is 21.5 Å². The molecule has 0 aliphatic heterocycles. The number of phenolic OH excluding ortho intramolecular Hbond substituents is 1. The van der Waals surface area contributed by atoms with Crippen molar-refractivity contribution in [2.75, 3.05) is 24.7 Å². The first kappa shape index (κ1) is 21.8. The summed E-state index contributed by atoms with van der Waals surface area (Å²) in [5.74, 6) is -0.246. The molecule has 0 radical (unpaired) electrons. The topological polar surface area (TPSA) is 125 Å². The number of rotatable bonds is 7. The Hall–Kier alpha value is -4.40. The predicted octanol–water partition coefficient (Wildman–Crippen LogP) is 2.93. The molecule has 3 N–H and O–H groups in total. The normalized spacial score (nSPS) is 11.8. The van der Waals surface area contributed by atoms with Crippen LogP contribution in [-0.4, -0.2) is 35.2 Å². The molecule has 1 amide bonds. The van der Waals surface area contributed by atoms with E-state index in [1.54, 1.807) is 33.2 Å². The molecule has 1 heterocycles. The monoisotopic (exact) mass is 446 g/mol. The number of hydrogen-bond acceptors (Lipinski definition) is 8. The highest BCUT2D eigenvalue weighted by Crippen LogP contribution is 2.34. The number of carbonyl (C=O) groups excluding carboxylic acids is 1. The van der Waals surface area contributed by atoms with Gasteiger partial charge in [0.15, 0.2) is 11.5 Å². The Morgan fingerprint density at radius 2 is 1.73 bits per heavy atom. The van der Waals surface area contributed by atoms with Gasteiger partial charge in [-0.15, -0.1) is 0 Å². The van der Waals surface area contributed by atoms with Crippen LogP contribution in [0.25, 0.3) is 0 Å². The number of aryl methyl sites for hydroxylation is 1. The molecule has 0 saturated carbocycles. The second-order valence-corrected chi connectivity index (χ2v) is 7.79. The third kappa shape index (κ3) is 4.08. The molecule has 4 aromatic rings. The van der Waals surface area contributed by atoms with Crippen molar-refractivity contribution in [3.63, 3.8) is 0 Å². The van der Waals surface area contributed by atoms with E-state index in [2.05, 4.69) is 15.8 Å². The van der Waals surface area contributed by atoms with Gasteiger partial charge in [0.1, 0.15) is 17.4 Å². The van der Waals surface area contributed by atoms with Gasteiger partial charge in [0.2, 0.25) is 0 Å². The fourth-order valence-electron chi connectivity index (χ4n) is 3.47. The molecule has 168 valence electrons. The highest BCUT2D eigenvalue weighted by molar-refractivity contribution is 5.99. The van der Waals surface area contributed by atoms with Crippen molar-refractivity contribution in [2.24, 2.45) is 0 Å². The molecule has 9 nitrogen and oxygen atoms in total. The van der Waals surface area contributed by atoms with Gasteiger partial charge in [0.25, 0.3) is 16.8 Å². The smallest absolute Gasteiger partial charge is 0.257 e. The number of amides is 1. The molecule has 0 spiro atoms. The first-order valence-electron chi connectivity index (χ1n) is 10.2. The van der Waals surface area contributed by atoms with E-state index in [4.69, 9.17) is 4.52 Å². The van der Waals surface area contributed by atoms with E-state index >= 15 is 0 Å². The fraction of sp³-hybridized carbons (Fsp3) is 0.167. The van der Waals surface area contributed by atoms with Crippen molar-refractivity contribution in [2.45, 2.75) is 13.0 Å². The summed E-state index contributed by atoms with van der Waals surface area (Å²) in [5.41, 5.74) is 0.268. The zero-order valence-electron chi connectivity index (χ0n) is 18.2. The van der Waals surface area contributed by atoms with E-state index in [9.17, 15) is 19.5 Å². The van der Waals surface area contributed by atoms with Crippen LogP contribution in [0.3, 0.4) is 0 Å². The number of aromatic hydroxyl groups is 1. The number of aromatic nitrogens is 1. The third-order valence-electron chi connectivity index (χ3n) is 5.19. The fourth-order valence-corrected chi connectivity index (χ4v) is 3.47. The number of para-hydroxylation sites is 1. The van der Waals surface area contributed by atoms with Gasteiger partial charge in [0.05, 0.1) is 16.9 Å². The van der Waals surface area contributed by atoms with E-state index < -0.39 is 22.8 Å². The molecule has 9 heteroatoms. The number of phenols is 1. The lowest BCUT2D eigenvalue weighted by atomic mass is 10.0. The zero-order chi connectivity index (χ0) is 23.7. The number of nitrogens with one attached hydrogen (secondary N) is 2. The molecule has 1 unspecified atom stereocenters. The molecule has 0 aliphatic carbocycles. The van der Waals surface area contributed by atoms with Crippen LogP contribution in [-0.2, 0) is 0 Å². The van der Waals surface area contributed by atoms with E-state index in [0.717, 1.165) is 5.56 Å². The Morgan fingerprint density at radius 3 is 2.36 bits per heavy atom. The second-order valence-electron chi connectivity index (χ2n) is 7.79. The summed E-state index contributed by atoms with van der Waals surface area (Å²) in [5, 5.41) is 20.4. The maximum absolute atomic E-state index is 12.4. The lowest BCUT2D eigenvalue weighted by Gasteiger charge is -2.22. The Morgan fingerprint density at radius 1 is 1.03 bits per heavy atom. The van der Waals surface area contributed by atoms with E-state index in [1.165, 1.54) is 17.0 Å². The lowest BCUT2D eigenvalue weighted by molar-refractivity contribution is 0.0824. The van der Waals surface area contributed by atoms with Gasteiger partial charge in [0, 0.05) is 20.2 Å². The lowest BCUT2D eigenvalue weighted by Crippen LogP contribution is -2.37. The second kappa shape index (κ2) is 8.62. The molecular formula is C24H22N4O5. The highest BCUT2D eigenvalue weighted by atomic mass is 16.5. The van der Waals surface area contributed by atoms with Gasteiger partial charge in [-0.2, -0.15) is 0 Å². The SMILES string of the molecule is Cc1cc(C(Nc2c(Nc3cccc(C(=O)N(C)C)c3O)c(=O)c2=O)c2ccccc2)on1. The molecule has 1 aromatic heterocycles. The number of carbonyl (C=O) groups is 1. The van der Waals surface area contributed by atoms with E-state index in [0.29, 0.717) is 11.5 Å². The van der Waals surface area contributed by atoms with Crippen LogP contribution in [0.4, 0.5) is 17.1 Å². The summed E-state index contributed by atoms with van der Waals surface area (Å²) in [6.45, 7) is 1.78. The van der Waals surface area contributed by atoms with Crippen LogP contribution in [0.1, 0.15) is 33.4 Å². The van der Waals surface area contributed by atoms with Crippen molar-refractivity contribution in [1.82, 2.24) is 10.1 Å². The summed E-state index contributed by atoms with van der Waals surface area (Å²) in [6.07, 6.45) is 0. The van der Waals surface area contributed by atoms with Gasteiger partial charge in [-0.25, -0.2) is 0 Å². The Labute approximate surface area is 189 Å². The number of anilines is 3. The van der Waals surface area contributed by atoms with Crippen molar-refractivity contribution < 1.29 is 14.4 Å². The summed E-state index contributed by atoms with van der Waals surface area (Å²) >= 11 is 0. The molecule has 33 heavy (non-hydrogen) atoms. The van der Waals surface area contributed by atoms with Crippen LogP contribution in [0.5, 0.6) is 5.75 Å². The van der Waals surface area contributed by atoms with E-state index in [1.807, 2.05) is 30.3 Å². The Bertz CT molecular complexity index is 1380. The van der Waals surface area contributed by atoms with Crippen molar-refractivity contribution in [1.29, 1.82) is 0 Å². The average Bonchev–Trinajstić information content (AvgIpc) is 3.25. The predicted molar refractivity (Wildman–Crippen MR) is 124 cm³/mol. The van der Waals surface area contributed by atoms with Crippen molar-refractivity contribution >= 4 is 23.0 Å². The largest absolute Gasteiger partial charge is 0.505 e. The number of benzene rings is 2. The standard InChI is InChI=1S/C24H22N4O5/c1-13-12-17(33-27-13)18(14-8-5-4-6-9-14)26-20-19(22(30)23(20)31)25-16-11-7-10-15(21(16)29)24(32)28(2)3/h4-12,18,25-26,29H,1-3H3. The molecular weight excluding hydrogens is 424 g/mol. The molecule has 4 rings (SSSR count). The van der Waals surface area contributed by atoms with Crippen molar-refractivity contribution in [3.05, 3.63) is 97.6 Å². The summed E-state index contributed by atoms with van der Waals surface area (Å²) in [7, 11) is 3.13. The minimum atomic E-state index is -0.734. The summed E-state index contributed by atoms with van der Waals surface area (Å²) in [4.78, 5) is 38.4. The highest BCUT2D eigenvalue weighted by Gasteiger charge is 2.28. The maximum Gasteiger partial charge on any atom is 0.257 e. The third-order valence-corrected chi connectivity index (χ3v) is 5.19. The average molecular weight is 446 g/mol. The number of nitrogens with zero attached hydrogens (tertiary/aromatic N) is 2. The van der Waals surface area contributed by atoms with Crippen LogP contribution in [0.2, 0.25) is 0 Å². The minimum Gasteiger partial charge on any atom is -0.505 e. The van der Waals surface area contributed by atoms with Crippen LogP contribution in [0, 0.1) is 6.92 Å². The minimum absolute atomic E-state index is 0.0121. The molecule has 0 aliphatic rings. The first-order chi connectivity index (χ1) is 15.8. The van der Waals surface area contributed by atoms with Gasteiger partial charge in [-0.05, 0) is 24.6 Å². The van der Waals surface area contributed by atoms with Crippen molar-refractivity contribution in [3.8, 4) is 5.75 Å². The van der Waals surface area contributed by atoms with Gasteiger partial charge < -0.3 is 25.2 Å². The molecule has 3 aromatic carbocycles. The van der Waals surface area contributed by atoms with Gasteiger partial charge in [-0.3, -0.25) is 14.4 Å². The maximum atomic E-state index is 12.4. The van der Waals surface area contributed by atoms with E-state index in [-0.39, 0.29) is 28.4 Å². The first-order valence-corrected chi connectivity index (χ1v) is 10.2. The molecule has 0 fully saturated rings. The van der Waals surface area contributed by atoms with Crippen LogP contribution in [0.15, 0.2) is 68.7 Å². The summed E-state index contributed by atoms with van der Waals surface area (Å²) in [6, 6.07) is 15.0. The van der Waals surface area contributed by atoms with Crippen LogP contribution >= 0.6 is 0 Å². The Kier molecular flexibility index (Phi) is 5.70. The van der Waals surface area contributed by atoms with Gasteiger partial charge in [-0.1, -0.05) is 41.6 Å². The van der Waals surface area contributed by atoms with Gasteiger partial charge >= 0.3 is 0 Å². The zero-order valence-corrected chi connectivity index (χ0v) is 18.2. The number of hydrogen-bond donors (Lipinski definition) is 3. The quantitative estimate of drug-likeness (QED) is 0.292. The Balaban J connectivity index is 1.69. The molecule has 0 saturated heterocycles. The summed E-state index contributed by atoms with van der Waals surface area (Å²) < 4.78 is 5.42.